The third kappa shape index (κ3) is 4.19. The van der Waals surface area contributed by atoms with Gasteiger partial charge >= 0.3 is 5.97 Å². The number of esters is 1. The van der Waals surface area contributed by atoms with Crippen molar-refractivity contribution in [3.8, 4) is 0 Å². The Hall–Kier alpha value is -1.36. The molecule has 1 N–H and O–H groups in total. The molecule has 1 rings (SSSR count). The first-order chi connectivity index (χ1) is 8.19. The number of hydrogen-bond donors (Lipinski definition) is 1. The lowest BCUT2D eigenvalue weighted by Crippen LogP contribution is -2.32. The van der Waals surface area contributed by atoms with Gasteiger partial charge in [-0.3, -0.25) is 4.79 Å². The highest BCUT2D eigenvalue weighted by Gasteiger charge is 2.28. The van der Waals surface area contributed by atoms with E-state index >= 15 is 0 Å². The number of aliphatic hydroxyl groups is 1. The van der Waals surface area contributed by atoms with E-state index in [1.807, 2.05) is 0 Å². The molecule has 0 aromatic carbocycles. The van der Waals surface area contributed by atoms with Crippen LogP contribution in [0, 0.1) is 0 Å². The van der Waals surface area contributed by atoms with Crippen LogP contribution in [0.2, 0.25) is 0 Å². The van der Waals surface area contributed by atoms with Gasteiger partial charge in [0, 0.05) is 25.6 Å². The van der Waals surface area contributed by atoms with E-state index in [4.69, 9.17) is 5.11 Å². The number of ether oxygens (including phenoxy) is 1. The summed E-state index contributed by atoms with van der Waals surface area (Å²) in [5.41, 5.74) is 0. The van der Waals surface area contributed by atoms with E-state index in [1.165, 1.54) is 13.2 Å². The van der Waals surface area contributed by atoms with Crippen LogP contribution in [0.5, 0.6) is 0 Å². The molecule has 0 saturated carbocycles. The van der Waals surface area contributed by atoms with Crippen LogP contribution in [0.15, 0.2) is 12.2 Å². The lowest BCUT2D eigenvalue weighted by molar-refractivity contribution is -0.135. The minimum absolute atomic E-state index is 0.0136. The maximum absolute atomic E-state index is 11.6. The molecule has 1 aliphatic heterocycles. The van der Waals surface area contributed by atoms with Crippen molar-refractivity contribution in [2.24, 2.45) is 0 Å². The molecule has 1 atom stereocenters. The standard InChI is InChI=1S/C12H19NO4/c1-17-12(16)7-5-10-4-6-11(15)13(10)8-2-3-9-14/h5,7,10,14H,2-4,6,8-9H2,1H3/b7-5+/t10-/m0/s1. The van der Waals surface area contributed by atoms with E-state index in [2.05, 4.69) is 4.74 Å². The molecule has 0 aliphatic carbocycles. The Morgan fingerprint density at radius 3 is 3.00 bits per heavy atom. The van der Waals surface area contributed by atoms with Crippen LogP contribution in [0.3, 0.4) is 0 Å². The smallest absolute Gasteiger partial charge is 0.330 e. The van der Waals surface area contributed by atoms with Crippen molar-refractivity contribution in [1.29, 1.82) is 0 Å². The fraction of sp³-hybridized carbons (Fsp3) is 0.667. The Balaban J connectivity index is 2.49. The van der Waals surface area contributed by atoms with Crippen molar-refractivity contribution in [3.05, 3.63) is 12.2 Å². The SMILES string of the molecule is COC(=O)/C=C/[C@@H]1CCC(=O)N1CCCCO. The first-order valence-corrected chi connectivity index (χ1v) is 5.85. The van der Waals surface area contributed by atoms with Gasteiger partial charge in [-0.25, -0.2) is 4.79 Å². The number of likely N-dealkylation sites (tertiary alicyclic amines) is 1. The van der Waals surface area contributed by atoms with Crippen LogP contribution in [-0.2, 0) is 14.3 Å². The van der Waals surface area contributed by atoms with Gasteiger partial charge in [-0.05, 0) is 19.3 Å². The van der Waals surface area contributed by atoms with Gasteiger partial charge in [0.15, 0.2) is 0 Å². The Labute approximate surface area is 101 Å². The van der Waals surface area contributed by atoms with Crippen LogP contribution < -0.4 is 0 Å². The summed E-state index contributed by atoms with van der Waals surface area (Å²) in [5, 5.41) is 8.70. The van der Waals surface area contributed by atoms with Gasteiger partial charge in [0.2, 0.25) is 5.91 Å². The third-order valence-electron chi connectivity index (χ3n) is 2.84. The van der Waals surface area contributed by atoms with Crippen molar-refractivity contribution in [2.45, 2.75) is 31.7 Å². The molecule has 0 bridgehead atoms. The third-order valence-corrected chi connectivity index (χ3v) is 2.84. The van der Waals surface area contributed by atoms with E-state index < -0.39 is 5.97 Å². The van der Waals surface area contributed by atoms with E-state index in [0.717, 1.165) is 12.8 Å². The highest BCUT2D eigenvalue weighted by atomic mass is 16.5. The van der Waals surface area contributed by atoms with E-state index in [9.17, 15) is 9.59 Å². The largest absolute Gasteiger partial charge is 0.466 e. The quantitative estimate of drug-likeness (QED) is 0.417. The zero-order valence-corrected chi connectivity index (χ0v) is 10.1. The fourth-order valence-corrected chi connectivity index (χ4v) is 1.90. The highest BCUT2D eigenvalue weighted by molar-refractivity contribution is 5.83. The fourth-order valence-electron chi connectivity index (χ4n) is 1.90. The second-order valence-corrected chi connectivity index (χ2v) is 4.01. The summed E-state index contributed by atoms with van der Waals surface area (Å²) in [4.78, 5) is 24.3. The van der Waals surface area contributed by atoms with Crippen LogP contribution in [-0.4, -0.2) is 48.2 Å². The molecule has 0 radical (unpaired) electrons. The molecular formula is C12H19NO4. The predicted octanol–water partition coefficient (Wildman–Crippen LogP) is 0.479. The number of nitrogens with zero attached hydrogens (tertiary/aromatic N) is 1. The van der Waals surface area contributed by atoms with Gasteiger partial charge < -0.3 is 14.7 Å². The van der Waals surface area contributed by atoms with Crippen LogP contribution in [0.25, 0.3) is 0 Å². The average molecular weight is 241 g/mol. The second-order valence-electron chi connectivity index (χ2n) is 4.01. The first-order valence-electron chi connectivity index (χ1n) is 5.85. The van der Waals surface area contributed by atoms with Crippen LogP contribution in [0.4, 0.5) is 0 Å². The van der Waals surface area contributed by atoms with Crippen molar-refractivity contribution in [3.63, 3.8) is 0 Å². The topological polar surface area (TPSA) is 66.8 Å². The van der Waals surface area contributed by atoms with Crippen molar-refractivity contribution in [2.75, 3.05) is 20.3 Å². The van der Waals surface area contributed by atoms with Crippen molar-refractivity contribution >= 4 is 11.9 Å². The van der Waals surface area contributed by atoms with Crippen LogP contribution >= 0.6 is 0 Å². The minimum atomic E-state index is -0.403. The summed E-state index contributed by atoms with van der Waals surface area (Å²) >= 11 is 0. The van der Waals surface area contributed by atoms with E-state index in [-0.39, 0.29) is 18.6 Å². The number of carbonyl (C=O) groups is 2. The molecule has 1 saturated heterocycles. The average Bonchev–Trinajstić information content (AvgIpc) is 2.68. The molecule has 0 spiro atoms. The van der Waals surface area contributed by atoms with Gasteiger partial charge in [0.1, 0.15) is 0 Å². The van der Waals surface area contributed by atoms with Crippen LogP contribution in [0.1, 0.15) is 25.7 Å². The molecule has 0 aromatic heterocycles. The Morgan fingerprint density at radius 1 is 1.59 bits per heavy atom. The summed E-state index contributed by atoms with van der Waals surface area (Å²) in [5.74, 6) is -0.290. The Bertz CT molecular complexity index is 301. The van der Waals surface area contributed by atoms with Crippen molar-refractivity contribution in [1.82, 2.24) is 4.90 Å². The lowest BCUT2D eigenvalue weighted by atomic mass is 10.2. The maximum atomic E-state index is 11.6. The molecular weight excluding hydrogens is 222 g/mol. The molecule has 1 heterocycles. The molecule has 96 valence electrons. The maximum Gasteiger partial charge on any atom is 0.330 e. The summed E-state index contributed by atoms with van der Waals surface area (Å²) in [6, 6.07) is -0.0136. The van der Waals surface area contributed by atoms with E-state index in [1.54, 1.807) is 11.0 Å². The number of hydrogen-bond acceptors (Lipinski definition) is 4. The number of methoxy groups -OCH3 is 1. The molecule has 5 nitrogen and oxygen atoms in total. The monoisotopic (exact) mass is 241 g/mol. The molecule has 0 aromatic rings. The van der Waals surface area contributed by atoms with E-state index in [0.29, 0.717) is 19.4 Å². The number of carbonyl (C=O) groups excluding carboxylic acids is 2. The zero-order chi connectivity index (χ0) is 12.7. The number of aliphatic hydroxyl groups excluding tert-OH is 1. The molecule has 1 amide bonds. The van der Waals surface area contributed by atoms with Gasteiger partial charge in [-0.1, -0.05) is 6.08 Å². The lowest BCUT2D eigenvalue weighted by Gasteiger charge is -2.22. The molecule has 0 unspecified atom stereocenters. The summed E-state index contributed by atoms with van der Waals surface area (Å²) in [6.07, 6.45) is 5.82. The van der Waals surface area contributed by atoms with Gasteiger partial charge in [-0.2, -0.15) is 0 Å². The molecule has 17 heavy (non-hydrogen) atoms. The number of rotatable bonds is 6. The Morgan fingerprint density at radius 2 is 2.35 bits per heavy atom. The summed E-state index contributed by atoms with van der Waals surface area (Å²) in [7, 11) is 1.32. The zero-order valence-electron chi connectivity index (χ0n) is 10.1. The first kappa shape index (κ1) is 13.7. The summed E-state index contributed by atoms with van der Waals surface area (Å²) in [6.45, 7) is 0.778. The summed E-state index contributed by atoms with van der Waals surface area (Å²) < 4.78 is 4.51. The number of unbranched alkanes of at least 4 members (excludes halogenated alkanes) is 1. The van der Waals surface area contributed by atoms with Crippen molar-refractivity contribution < 1.29 is 19.4 Å². The van der Waals surface area contributed by atoms with Gasteiger partial charge in [0.25, 0.3) is 0 Å². The predicted molar refractivity (Wildman–Crippen MR) is 62.2 cm³/mol. The second kappa shape index (κ2) is 7.06. The minimum Gasteiger partial charge on any atom is -0.466 e. The number of amides is 1. The molecule has 1 aliphatic rings. The Kier molecular flexibility index (Phi) is 5.69. The highest BCUT2D eigenvalue weighted by Crippen LogP contribution is 2.20. The van der Waals surface area contributed by atoms with Gasteiger partial charge in [0.05, 0.1) is 13.2 Å². The van der Waals surface area contributed by atoms with Gasteiger partial charge in [-0.15, -0.1) is 0 Å². The normalized spacial score (nSPS) is 20.2. The molecule has 1 fully saturated rings. The molecule has 5 heteroatoms.